The minimum Gasteiger partial charge on any atom is -0.494 e. The topological polar surface area (TPSA) is 48.1 Å². The highest BCUT2D eigenvalue weighted by molar-refractivity contribution is 5.92. The monoisotopic (exact) mass is 476 g/mol. The molecule has 0 radical (unpaired) electrons. The lowest BCUT2D eigenvalue weighted by atomic mass is 10.2. The molecule has 1 N–H and O–H groups in total. The standard InChI is InChI=1S/C28H33FN4O2/c1-31(19-23-8-13-27(35-2)26(29)18-23)21-28(34)30-24-9-11-25(12-10-24)33-16-14-32(15-17-33)20-22-6-4-3-5-7-22/h3-13,18H,14-17,19-21H2,1-2H3,(H,30,34). The van der Waals surface area contributed by atoms with Crippen LogP contribution in [0.3, 0.4) is 0 Å². The van der Waals surface area contributed by atoms with Crippen LogP contribution in [0, 0.1) is 5.82 Å². The zero-order valence-electron chi connectivity index (χ0n) is 20.4. The molecule has 0 bridgehead atoms. The largest absolute Gasteiger partial charge is 0.494 e. The number of benzene rings is 3. The van der Waals surface area contributed by atoms with Gasteiger partial charge in [0.25, 0.3) is 0 Å². The van der Waals surface area contributed by atoms with Gasteiger partial charge in [0.1, 0.15) is 0 Å². The average molecular weight is 477 g/mol. The molecule has 1 heterocycles. The van der Waals surface area contributed by atoms with E-state index in [9.17, 15) is 9.18 Å². The average Bonchev–Trinajstić information content (AvgIpc) is 2.86. The van der Waals surface area contributed by atoms with Crippen LogP contribution >= 0.6 is 0 Å². The van der Waals surface area contributed by atoms with E-state index in [0.717, 1.165) is 44.0 Å². The number of carbonyl (C=O) groups excluding carboxylic acids is 1. The van der Waals surface area contributed by atoms with E-state index < -0.39 is 5.82 Å². The Morgan fingerprint density at radius 3 is 2.34 bits per heavy atom. The summed E-state index contributed by atoms with van der Waals surface area (Å²) in [5.74, 6) is -0.295. The molecule has 3 aromatic carbocycles. The third-order valence-electron chi connectivity index (χ3n) is 6.22. The second-order valence-electron chi connectivity index (χ2n) is 8.99. The number of amides is 1. The molecule has 1 saturated heterocycles. The number of carbonyl (C=O) groups is 1. The number of ether oxygens (including phenoxy) is 1. The Kier molecular flexibility index (Phi) is 8.34. The summed E-state index contributed by atoms with van der Waals surface area (Å²) >= 11 is 0. The van der Waals surface area contributed by atoms with Crippen LogP contribution in [0.15, 0.2) is 72.8 Å². The summed E-state index contributed by atoms with van der Waals surface area (Å²) in [6, 6.07) is 23.4. The second kappa shape index (κ2) is 11.8. The van der Waals surface area contributed by atoms with Crippen LogP contribution in [0.2, 0.25) is 0 Å². The fourth-order valence-corrected chi connectivity index (χ4v) is 4.38. The van der Waals surface area contributed by atoms with Crippen molar-refractivity contribution >= 4 is 17.3 Å². The molecule has 0 unspecified atom stereocenters. The molecule has 184 valence electrons. The number of rotatable bonds is 9. The van der Waals surface area contributed by atoms with E-state index in [-0.39, 0.29) is 18.2 Å². The Morgan fingerprint density at radius 1 is 0.971 bits per heavy atom. The number of hydrogen-bond acceptors (Lipinski definition) is 5. The van der Waals surface area contributed by atoms with Crippen LogP contribution in [0.25, 0.3) is 0 Å². The molecular weight excluding hydrogens is 443 g/mol. The highest BCUT2D eigenvalue weighted by atomic mass is 19.1. The number of halogens is 1. The van der Waals surface area contributed by atoms with Gasteiger partial charge in [-0.25, -0.2) is 4.39 Å². The molecule has 7 heteroatoms. The number of anilines is 2. The maximum absolute atomic E-state index is 13.9. The maximum Gasteiger partial charge on any atom is 0.238 e. The molecule has 35 heavy (non-hydrogen) atoms. The van der Waals surface area contributed by atoms with Crippen LogP contribution in [-0.4, -0.2) is 62.6 Å². The SMILES string of the molecule is COc1ccc(CN(C)CC(=O)Nc2ccc(N3CCN(Cc4ccccc4)CC3)cc2)cc1F. The van der Waals surface area contributed by atoms with E-state index >= 15 is 0 Å². The summed E-state index contributed by atoms with van der Waals surface area (Å²) in [6.07, 6.45) is 0. The molecule has 0 aliphatic carbocycles. The highest BCUT2D eigenvalue weighted by Crippen LogP contribution is 2.21. The smallest absolute Gasteiger partial charge is 0.238 e. The highest BCUT2D eigenvalue weighted by Gasteiger charge is 2.17. The summed E-state index contributed by atoms with van der Waals surface area (Å²) in [5, 5.41) is 2.95. The van der Waals surface area contributed by atoms with Gasteiger partial charge >= 0.3 is 0 Å². The fourth-order valence-electron chi connectivity index (χ4n) is 4.38. The normalized spacial score (nSPS) is 14.2. The molecule has 3 aromatic rings. The van der Waals surface area contributed by atoms with E-state index in [1.54, 1.807) is 12.1 Å². The van der Waals surface area contributed by atoms with Crippen LogP contribution in [0.4, 0.5) is 15.8 Å². The molecule has 1 aliphatic rings. The maximum atomic E-state index is 13.9. The third-order valence-corrected chi connectivity index (χ3v) is 6.22. The zero-order chi connectivity index (χ0) is 24.6. The van der Waals surface area contributed by atoms with Gasteiger partial charge in [-0.05, 0) is 54.6 Å². The van der Waals surface area contributed by atoms with Gasteiger partial charge in [0.15, 0.2) is 11.6 Å². The lowest BCUT2D eigenvalue weighted by molar-refractivity contribution is -0.117. The van der Waals surface area contributed by atoms with Gasteiger partial charge in [0.2, 0.25) is 5.91 Å². The molecule has 1 fully saturated rings. The summed E-state index contributed by atoms with van der Waals surface area (Å²) in [7, 11) is 3.27. The summed E-state index contributed by atoms with van der Waals surface area (Å²) in [4.78, 5) is 19.2. The fraction of sp³-hybridized carbons (Fsp3) is 0.321. The van der Waals surface area contributed by atoms with Crippen LogP contribution in [0.1, 0.15) is 11.1 Å². The molecule has 0 atom stereocenters. The van der Waals surface area contributed by atoms with E-state index in [0.29, 0.717) is 6.54 Å². The van der Waals surface area contributed by atoms with Crippen LogP contribution in [-0.2, 0) is 17.9 Å². The predicted molar refractivity (Wildman–Crippen MR) is 138 cm³/mol. The zero-order valence-corrected chi connectivity index (χ0v) is 20.4. The van der Waals surface area contributed by atoms with Crippen molar-refractivity contribution in [3.63, 3.8) is 0 Å². The molecule has 4 rings (SSSR count). The number of piperazine rings is 1. The summed E-state index contributed by atoms with van der Waals surface area (Å²) in [5.41, 5.74) is 4.07. The van der Waals surface area contributed by atoms with Gasteiger partial charge in [-0.15, -0.1) is 0 Å². The lowest BCUT2D eigenvalue weighted by Crippen LogP contribution is -2.45. The Morgan fingerprint density at radius 2 is 1.69 bits per heavy atom. The van der Waals surface area contributed by atoms with Gasteiger partial charge in [-0.2, -0.15) is 0 Å². The third kappa shape index (κ3) is 7.04. The number of hydrogen-bond donors (Lipinski definition) is 1. The lowest BCUT2D eigenvalue weighted by Gasteiger charge is -2.36. The van der Waals surface area contributed by atoms with Gasteiger partial charge in [-0.1, -0.05) is 36.4 Å². The minimum absolute atomic E-state index is 0.108. The molecule has 0 aromatic heterocycles. The molecule has 1 amide bonds. The first kappa shape index (κ1) is 24.7. The number of nitrogens with zero attached hydrogens (tertiary/aromatic N) is 3. The van der Waals surface area contributed by atoms with Crippen molar-refractivity contribution in [1.29, 1.82) is 0 Å². The first-order valence-electron chi connectivity index (χ1n) is 11.9. The second-order valence-corrected chi connectivity index (χ2v) is 8.99. The van der Waals surface area contributed by atoms with Gasteiger partial charge in [0, 0.05) is 50.6 Å². The quantitative estimate of drug-likeness (QED) is 0.501. The van der Waals surface area contributed by atoms with Crippen molar-refractivity contribution in [2.24, 2.45) is 0 Å². The van der Waals surface area contributed by atoms with E-state index in [4.69, 9.17) is 4.74 Å². The Bertz CT molecular complexity index is 1100. The van der Waals surface area contributed by atoms with Gasteiger partial charge in [0.05, 0.1) is 13.7 Å². The first-order valence-corrected chi connectivity index (χ1v) is 11.9. The Balaban J connectivity index is 1.22. The first-order chi connectivity index (χ1) is 17.0. The molecular formula is C28H33FN4O2. The van der Waals surface area contributed by atoms with Gasteiger partial charge < -0.3 is 15.0 Å². The predicted octanol–water partition coefficient (Wildman–Crippen LogP) is 4.23. The Labute approximate surface area is 206 Å². The molecule has 1 aliphatic heterocycles. The van der Waals surface area contributed by atoms with E-state index in [2.05, 4.69) is 57.6 Å². The van der Waals surface area contributed by atoms with Crippen molar-refractivity contribution in [3.8, 4) is 5.75 Å². The van der Waals surface area contributed by atoms with Crippen LogP contribution < -0.4 is 15.0 Å². The van der Waals surface area contributed by atoms with Crippen molar-refractivity contribution in [3.05, 3.63) is 89.7 Å². The summed E-state index contributed by atoms with van der Waals surface area (Å²) < 4.78 is 18.8. The van der Waals surface area contributed by atoms with Crippen molar-refractivity contribution in [1.82, 2.24) is 9.80 Å². The van der Waals surface area contributed by atoms with Crippen molar-refractivity contribution in [2.45, 2.75) is 13.1 Å². The molecule has 6 nitrogen and oxygen atoms in total. The number of likely N-dealkylation sites (N-methyl/N-ethyl adjacent to an activating group) is 1. The van der Waals surface area contributed by atoms with Crippen molar-refractivity contribution in [2.75, 3.05) is 57.1 Å². The number of methoxy groups -OCH3 is 1. The Hall–Kier alpha value is -3.42. The summed E-state index contributed by atoms with van der Waals surface area (Å²) in [6.45, 7) is 5.67. The van der Waals surface area contributed by atoms with Crippen LogP contribution in [0.5, 0.6) is 5.75 Å². The van der Waals surface area contributed by atoms with E-state index in [1.807, 2.05) is 24.1 Å². The van der Waals surface area contributed by atoms with E-state index in [1.165, 1.54) is 24.4 Å². The van der Waals surface area contributed by atoms with Crippen molar-refractivity contribution < 1.29 is 13.9 Å². The van der Waals surface area contributed by atoms with Gasteiger partial charge in [-0.3, -0.25) is 14.6 Å². The molecule has 0 spiro atoms. The molecule has 0 saturated carbocycles. The number of nitrogens with one attached hydrogen (secondary N) is 1. The minimum atomic E-state index is -0.402.